The van der Waals surface area contributed by atoms with Crippen molar-refractivity contribution in [1.82, 2.24) is 10.2 Å². The van der Waals surface area contributed by atoms with E-state index in [2.05, 4.69) is 22.4 Å². The van der Waals surface area contributed by atoms with Crippen molar-refractivity contribution >= 4 is 23.3 Å². The van der Waals surface area contributed by atoms with Crippen LogP contribution in [0.4, 0.5) is 5.82 Å². The molecule has 0 aliphatic heterocycles. The van der Waals surface area contributed by atoms with Crippen molar-refractivity contribution in [2.45, 2.75) is 32.1 Å². The molecule has 0 aliphatic carbocycles. The Morgan fingerprint density at radius 3 is 3.07 bits per heavy atom. The number of aromatic nitrogens is 2. The van der Waals surface area contributed by atoms with Crippen LogP contribution in [0.3, 0.4) is 0 Å². The Morgan fingerprint density at radius 1 is 1.79 bits per heavy atom. The van der Waals surface area contributed by atoms with Crippen LogP contribution in [0.25, 0.3) is 0 Å². The lowest BCUT2D eigenvalue weighted by atomic mass is 10.2. The summed E-state index contributed by atoms with van der Waals surface area (Å²) >= 11 is 5.60. The van der Waals surface area contributed by atoms with Gasteiger partial charge in [-0.05, 0) is 13.3 Å². The summed E-state index contributed by atoms with van der Waals surface area (Å²) < 4.78 is 0. The zero-order chi connectivity index (χ0) is 10.6. The minimum absolute atomic E-state index is 0.235. The van der Waals surface area contributed by atoms with Gasteiger partial charge in [-0.15, -0.1) is 11.6 Å². The fourth-order valence-corrected chi connectivity index (χ4v) is 1.10. The highest BCUT2D eigenvalue weighted by atomic mass is 35.5. The van der Waals surface area contributed by atoms with Gasteiger partial charge in [-0.25, -0.2) is 0 Å². The molecule has 0 saturated heterocycles. The maximum Gasteiger partial charge on any atom is 0.243 e. The molecule has 2 N–H and O–H groups in total. The van der Waals surface area contributed by atoms with E-state index in [-0.39, 0.29) is 5.91 Å². The maximum absolute atomic E-state index is 11.2. The van der Waals surface area contributed by atoms with E-state index in [4.69, 9.17) is 11.6 Å². The highest BCUT2D eigenvalue weighted by molar-refractivity contribution is 6.32. The molecule has 1 unspecified atom stereocenters. The number of aryl methyl sites for hydroxylation is 1. The molecule has 1 amide bonds. The molecular formula is C9H14ClN3O. The first-order chi connectivity index (χ1) is 6.63. The average molecular weight is 216 g/mol. The molecule has 4 nitrogen and oxygen atoms in total. The largest absolute Gasteiger partial charge is 0.308 e. The summed E-state index contributed by atoms with van der Waals surface area (Å²) in [5.41, 5.74) is 1.02. The van der Waals surface area contributed by atoms with E-state index >= 15 is 0 Å². The lowest BCUT2D eigenvalue weighted by Crippen LogP contribution is -2.20. The summed E-state index contributed by atoms with van der Waals surface area (Å²) in [6.07, 6.45) is 1.97. The molecular weight excluding hydrogens is 202 g/mol. The van der Waals surface area contributed by atoms with E-state index in [0.29, 0.717) is 5.82 Å². The Bertz CT molecular complexity index is 309. The summed E-state index contributed by atoms with van der Waals surface area (Å²) in [4.78, 5) is 11.2. The number of alkyl halides is 1. The first-order valence-electron chi connectivity index (χ1n) is 4.62. The van der Waals surface area contributed by atoms with Crippen LogP contribution in [0.2, 0.25) is 0 Å². The number of halogens is 1. The molecule has 1 aromatic rings. The van der Waals surface area contributed by atoms with Crippen LogP contribution in [-0.2, 0) is 11.2 Å². The van der Waals surface area contributed by atoms with E-state index in [9.17, 15) is 4.79 Å². The van der Waals surface area contributed by atoms with E-state index in [1.807, 2.05) is 6.07 Å². The van der Waals surface area contributed by atoms with Crippen molar-refractivity contribution in [2.24, 2.45) is 0 Å². The number of amides is 1. The van der Waals surface area contributed by atoms with Crippen molar-refractivity contribution in [2.75, 3.05) is 5.32 Å². The van der Waals surface area contributed by atoms with Crippen molar-refractivity contribution in [1.29, 1.82) is 0 Å². The summed E-state index contributed by atoms with van der Waals surface area (Å²) in [5.74, 6) is 0.298. The Labute approximate surface area is 88.0 Å². The SMILES string of the molecule is CCCc1cc(NC(=O)C(C)Cl)n[nH]1. The van der Waals surface area contributed by atoms with Gasteiger partial charge in [-0.2, -0.15) is 5.10 Å². The zero-order valence-electron chi connectivity index (χ0n) is 8.30. The molecule has 1 aromatic heterocycles. The van der Waals surface area contributed by atoms with Gasteiger partial charge in [-0.1, -0.05) is 13.3 Å². The lowest BCUT2D eigenvalue weighted by Gasteiger charge is -2.01. The van der Waals surface area contributed by atoms with Crippen LogP contribution in [0.1, 0.15) is 26.0 Å². The monoisotopic (exact) mass is 215 g/mol. The van der Waals surface area contributed by atoms with E-state index < -0.39 is 5.38 Å². The highest BCUT2D eigenvalue weighted by Crippen LogP contribution is 2.08. The molecule has 0 aromatic carbocycles. The number of hydrogen-bond donors (Lipinski definition) is 2. The van der Waals surface area contributed by atoms with Crippen LogP contribution in [0.15, 0.2) is 6.07 Å². The number of nitrogens with zero attached hydrogens (tertiary/aromatic N) is 1. The van der Waals surface area contributed by atoms with Gasteiger partial charge in [0.05, 0.1) is 0 Å². The number of H-pyrrole nitrogens is 1. The van der Waals surface area contributed by atoms with Gasteiger partial charge in [0, 0.05) is 11.8 Å². The molecule has 1 rings (SSSR count). The van der Waals surface area contributed by atoms with Gasteiger partial charge in [0.2, 0.25) is 5.91 Å². The molecule has 0 aliphatic rings. The van der Waals surface area contributed by atoms with Gasteiger partial charge in [0.15, 0.2) is 5.82 Å². The van der Waals surface area contributed by atoms with E-state index in [0.717, 1.165) is 18.5 Å². The molecule has 1 heterocycles. The fraction of sp³-hybridized carbons (Fsp3) is 0.556. The number of anilines is 1. The molecule has 5 heteroatoms. The van der Waals surface area contributed by atoms with Crippen LogP contribution < -0.4 is 5.32 Å². The number of carbonyl (C=O) groups excluding carboxylic acids is 1. The highest BCUT2D eigenvalue weighted by Gasteiger charge is 2.10. The predicted molar refractivity (Wildman–Crippen MR) is 56.5 cm³/mol. The first kappa shape index (κ1) is 11.0. The number of hydrogen-bond acceptors (Lipinski definition) is 2. The minimum Gasteiger partial charge on any atom is -0.308 e. The zero-order valence-corrected chi connectivity index (χ0v) is 9.06. The van der Waals surface area contributed by atoms with Crippen LogP contribution in [0, 0.1) is 0 Å². The van der Waals surface area contributed by atoms with Crippen LogP contribution in [0.5, 0.6) is 0 Å². The summed E-state index contributed by atoms with van der Waals surface area (Å²) in [7, 11) is 0. The maximum atomic E-state index is 11.2. The number of carbonyl (C=O) groups is 1. The molecule has 14 heavy (non-hydrogen) atoms. The third-order valence-corrected chi connectivity index (χ3v) is 1.96. The Balaban J connectivity index is 2.55. The van der Waals surface area contributed by atoms with Gasteiger partial charge in [0.25, 0.3) is 0 Å². The van der Waals surface area contributed by atoms with Gasteiger partial charge in [0.1, 0.15) is 5.38 Å². The summed E-state index contributed by atoms with van der Waals surface area (Å²) in [5, 5.41) is 8.85. The molecule has 0 bridgehead atoms. The number of aromatic amines is 1. The molecule has 78 valence electrons. The smallest absolute Gasteiger partial charge is 0.243 e. The Morgan fingerprint density at radius 2 is 2.50 bits per heavy atom. The Kier molecular flexibility index (Phi) is 3.95. The van der Waals surface area contributed by atoms with E-state index in [1.54, 1.807) is 6.92 Å². The second-order valence-corrected chi connectivity index (χ2v) is 3.79. The second kappa shape index (κ2) is 5.00. The number of nitrogens with one attached hydrogen (secondary N) is 2. The third-order valence-electron chi connectivity index (χ3n) is 1.76. The van der Waals surface area contributed by atoms with Gasteiger partial charge < -0.3 is 5.32 Å². The fourth-order valence-electron chi connectivity index (χ4n) is 1.05. The van der Waals surface area contributed by atoms with Crippen LogP contribution in [-0.4, -0.2) is 21.5 Å². The van der Waals surface area contributed by atoms with Crippen molar-refractivity contribution < 1.29 is 4.79 Å². The van der Waals surface area contributed by atoms with Crippen molar-refractivity contribution in [3.63, 3.8) is 0 Å². The van der Waals surface area contributed by atoms with Crippen molar-refractivity contribution in [3.05, 3.63) is 11.8 Å². The molecule has 1 atom stereocenters. The average Bonchev–Trinajstić information content (AvgIpc) is 2.53. The standard InChI is InChI=1S/C9H14ClN3O/c1-3-4-7-5-8(13-12-7)11-9(14)6(2)10/h5-6H,3-4H2,1-2H3,(H2,11,12,13,14). The molecule has 0 saturated carbocycles. The quantitative estimate of drug-likeness (QED) is 0.754. The Hall–Kier alpha value is -1.03. The first-order valence-corrected chi connectivity index (χ1v) is 5.06. The van der Waals surface area contributed by atoms with Gasteiger partial charge >= 0.3 is 0 Å². The molecule has 0 fully saturated rings. The predicted octanol–water partition coefficient (Wildman–Crippen LogP) is 1.93. The van der Waals surface area contributed by atoms with Crippen LogP contribution >= 0.6 is 11.6 Å². The summed E-state index contributed by atoms with van der Waals surface area (Å²) in [6, 6.07) is 1.82. The third kappa shape index (κ3) is 3.03. The van der Waals surface area contributed by atoms with Crippen molar-refractivity contribution in [3.8, 4) is 0 Å². The normalized spacial score (nSPS) is 12.5. The minimum atomic E-state index is -0.540. The lowest BCUT2D eigenvalue weighted by molar-refractivity contribution is -0.115. The topological polar surface area (TPSA) is 57.8 Å². The summed E-state index contributed by atoms with van der Waals surface area (Å²) in [6.45, 7) is 3.70. The van der Waals surface area contributed by atoms with Gasteiger partial charge in [-0.3, -0.25) is 9.89 Å². The molecule has 0 radical (unpaired) electrons. The van der Waals surface area contributed by atoms with E-state index in [1.165, 1.54) is 0 Å². The second-order valence-electron chi connectivity index (χ2n) is 3.13. The number of rotatable bonds is 4. The molecule has 0 spiro atoms.